The molecule has 1 amide bonds. The molecule has 0 fully saturated rings. The van der Waals surface area contributed by atoms with Crippen LogP contribution in [0.3, 0.4) is 0 Å². The average Bonchev–Trinajstić information content (AvgIpc) is 2.29. The van der Waals surface area contributed by atoms with Gasteiger partial charge < -0.3 is 22.2 Å². The predicted molar refractivity (Wildman–Crippen MR) is 70.3 cm³/mol. The third-order valence-electron chi connectivity index (χ3n) is 2.66. The molecule has 1 aromatic carbocycles. The van der Waals surface area contributed by atoms with Crippen LogP contribution in [0.1, 0.15) is 5.56 Å². The zero-order valence-electron chi connectivity index (χ0n) is 11.0. The fraction of sp³-hybridized carbons (Fsp3) is 0.357. The molecule has 4 heteroatoms. The molecule has 0 aliphatic heterocycles. The van der Waals surface area contributed by atoms with Crippen molar-refractivity contribution in [3.8, 4) is 0 Å². The Hall–Kier alpha value is -1.32. The number of hydrogen-bond acceptors (Lipinski definition) is 1. The highest BCUT2D eigenvalue weighted by Crippen LogP contribution is 2.07. The molecular weight excluding hydrogens is 248 g/mol. The molecule has 0 spiro atoms. The highest BCUT2D eigenvalue weighted by molar-refractivity contribution is 5.86. The van der Waals surface area contributed by atoms with Crippen LogP contribution in [0.4, 0.5) is 0 Å². The summed E-state index contributed by atoms with van der Waals surface area (Å²) in [6.07, 6.45) is 1.30. The molecule has 0 saturated carbocycles. The van der Waals surface area contributed by atoms with Crippen LogP contribution in [0.5, 0.6) is 0 Å². The van der Waals surface area contributed by atoms with Gasteiger partial charge in [0.05, 0.1) is 27.2 Å². The molecule has 0 aliphatic carbocycles. The lowest BCUT2D eigenvalue weighted by Crippen LogP contribution is -3.00. The van der Waals surface area contributed by atoms with Gasteiger partial charge in [-0.15, -0.1) is 0 Å². The summed E-state index contributed by atoms with van der Waals surface area (Å²) < 4.78 is 0.849. The van der Waals surface area contributed by atoms with Gasteiger partial charge in [-0.1, -0.05) is 36.9 Å². The van der Waals surface area contributed by atoms with Crippen LogP contribution in [0.25, 0.3) is 0 Å². The van der Waals surface area contributed by atoms with Crippen molar-refractivity contribution in [2.75, 3.05) is 27.2 Å². The first-order valence-electron chi connectivity index (χ1n) is 5.80. The number of carbonyl (C=O) groups is 1. The molecule has 1 aromatic rings. The summed E-state index contributed by atoms with van der Waals surface area (Å²) in [6, 6.07) is 10.4. The molecule has 0 radical (unpaired) electrons. The van der Waals surface area contributed by atoms with Crippen molar-refractivity contribution < 1.29 is 21.7 Å². The van der Waals surface area contributed by atoms with Crippen molar-refractivity contribution in [3.63, 3.8) is 0 Å². The molecule has 0 aromatic heterocycles. The van der Waals surface area contributed by atoms with Gasteiger partial charge in [0.15, 0.2) is 0 Å². The minimum absolute atomic E-state index is 0. The van der Waals surface area contributed by atoms with Gasteiger partial charge in [0.25, 0.3) is 0 Å². The first-order chi connectivity index (χ1) is 8.03. The van der Waals surface area contributed by atoms with Crippen LogP contribution < -0.4 is 17.7 Å². The second kappa shape index (κ2) is 7.90. The molecule has 0 saturated heterocycles. The first kappa shape index (κ1) is 16.7. The van der Waals surface area contributed by atoms with Gasteiger partial charge in [-0.25, -0.2) is 0 Å². The first-order valence-corrected chi connectivity index (χ1v) is 5.80. The quantitative estimate of drug-likeness (QED) is 0.498. The normalized spacial score (nSPS) is 10.3. The van der Waals surface area contributed by atoms with Crippen LogP contribution in [-0.4, -0.2) is 37.6 Å². The Morgan fingerprint density at radius 2 is 1.94 bits per heavy atom. The molecule has 3 nitrogen and oxygen atoms in total. The highest BCUT2D eigenvalue weighted by Gasteiger charge is 2.15. The van der Waals surface area contributed by atoms with E-state index in [-0.39, 0.29) is 18.3 Å². The van der Waals surface area contributed by atoms with Gasteiger partial charge in [0.2, 0.25) is 5.91 Å². The Bertz CT molecular complexity index is 377. The predicted octanol–water partition coefficient (Wildman–Crippen LogP) is -1.43. The molecule has 0 atom stereocenters. The van der Waals surface area contributed by atoms with Crippen LogP contribution in [0, 0.1) is 0 Å². The fourth-order valence-corrected chi connectivity index (χ4v) is 1.71. The Balaban J connectivity index is 0.00000289. The van der Waals surface area contributed by atoms with Gasteiger partial charge in [0.1, 0.15) is 6.54 Å². The zero-order chi connectivity index (χ0) is 12.7. The van der Waals surface area contributed by atoms with Gasteiger partial charge in [-0.05, 0) is 6.08 Å². The van der Waals surface area contributed by atoms with Gasteiger partial charge in [0, 0.05) is 5.56 Å². The maximum Gasteiger partial charge on any atom is 0.243 e. The Morgan fingerprint density at radius 1 is 1.33 bits per heavy atom. The second-order valence-electron chi connectivity index (χ2n) is 4.80. The van der Waals surface area contributed by atoms with E-state index >= 15 is 0 Å². The smallest absolute Gasteiger partial charge is 0.243 e. The molecule has 1 rings (SSSR count). The number of carbonyl (C=O) groups excluding carboxylic acids is 1. The maximum atomic E-state index is 11.0. The number of amides is 1. The van der Waals surface area contributed by atoms with E-state index in [1.165, 1.54) is 11.6 Å². The highest BCUT2D eigenvalue weighted by atomic mass is 35.5. The van der Waals surface area contributed by atoms with Crippen molar-refractivity contribution in [2.24, 2.45) is 0 Å². The van der Waals surface area contributed by atoms with E-state index in [4.69, 9.17) is 0 Å². The average molecular weight is 269 g/mol. The Morgan fingerprint density at radius 3 is 2.50 bits per heavy atom. The van der Waals surface area contributed by atoms with Crippen molar-refractivity contribution in [1.29, 1.82) is 0 Å². The number of rotatable bonds is 6. The largest absolute Gasteiger partial charge is 1.00 e. The molecule has 0 unspecified atom stereocenters. The SMILES string of the molecule is C=CC(=O)NCC[N+](C)(C)Cc1ccccc1.[Cl-]. The number of nitrogens with zero attached hydrogens (tertiary/aromatic N) is 1. The summed E-state index contributed by atoms with van der Waals surface area (Å²) in [5, 5.41) is 2.80. The molecule has 0 bridgehead atoms. The van der Waals surface area contributed by atoms with Crippen LogP contribution >= 0.6 is 0 Å². The van der Waals surface area contributed by atoms with E-state index < -0.39 is 0 Å². The van der Waals surface area contributed by atoms with Crippen molar-refractivity contribution in [3.05, 3.63) is 48.6 Å². The second-order valence-corrected chi connectivity index (χ2v) is 4.80. The Kier molecular flexibility index (Phi) is 7.32. The van der Waals surface area contributed by atoms with E-state index in [0.717, 1.165) is 17.6 Å². The van der Waals surface area contributed by atoms with Gasteiger partial charge >= 0.3 is 0 Å². The lowest BCUT2D eigenvalue weighted by atomic mass is 10.2. The van der Waals surface area contributed by atoms with E-state index in [1.807, 2.05) is 6.07 Å². The topological polar surface area (TPSA) is 29.1 Å². The van der Waals surface area contributed by atoms with Crippen molar-refractivity contribution >= 4 is 5.91 Å². The van der Waals surface area contributed by atoms with Crippen LogP contribution in [0.15, 0.2) is 43.0 Å². The molecule has 100 valence electrons. The molecule has 0 heterocycles. The number of quaternary nitrogens is 1. The minimum atomic E-state index is -0.107. The standard InChI is InChI=1S/C14H20N2O.ClH/c1-4-14(17)15-10-11-16(2,3)12-13-8-6-5-7-9-13;/h4-9H,1,10-12H2,2-3H3;1H. The van der Waals surface area contributed by atoms with E-state index in [9.17, 15) is 4.79 Å². The Labute approximate surface area is 115 Å². The summed E-state index contributed by atoms with van der Waals surface area (Å²) >= 11 is 0. The van der Waals surface area contributed by atoms with Crippen molar-refractivity contribution in [1.82, 2.24) is 5.32 Å². The summed E-state index contributed by atoms with van der Waals surface area (Å²) in [7, 11) is 4.32. The molecule has 1 N–H and O–H groups in total. The molecular formula is C14H21ClN2O. The third-order valence-corrected chi connectivity index (χ3v) is 2.66. The van der Waals surface area contributed by atoms with E-state index in [0.29, 0.717) is 6.54 Å². The lowest BCUT2D eigenvalue weighted by Gasteiger charge is -2.29. The number of likely N-dealkylation sites (N-methyl/N-ethyl adjacent to an activating group) is 1. The number of hydrogen-bond donors (Lipinski definition) is 1. The summed E-state index contributed by atoms with van der Waals surface area (Å²) in [6.45, 7) is 5.96. The number of halogens is 1. The van der Waals surface area contributed by atoms with Gasteiger partial charge in [-0.3, -0.25) is 4.79 Å². The van der Waals surface area contributed by atoms with E-state index in [2.05, 4.69) is 50.3 Å². The van der Waals surface area contributed by atoms with Crippen molar-refractivity contribution in [2.45, 2.75) is 6.54 Å². The van der Waals surface area contributed by atoms with E-state index in [1.54, 1.807) is 0 Å². The minimum Gasteiger partial charge on any atom is -1.00 e. The molecule has 18 heavy (non-hydrogen) atoms. The van der Waals surface area contributed by atoms with Gasteiger partial charge in [-0.2, -0.15) is 0 Å². The lowest BCUT2D eigenvalue weighted by molar-refractivity contribution is -0.902. The summed E-state index contributed by atoms with van der Waals surface area (Å²) in [5.41, 5.74) is 1.31. The fourth-order valence-electron chi connectivity index (χ4n) is 1.71. The summed E-state index contributed by atoms with van der Waals surface area (Å²) in [4.78, 5) is 11.0. The monoisotopic (exact) mass is 268 g/mol. The number of benzene rings is 1. The maximum absolute atomic E-state index is 11.0. The number of nitrogens with one attached hydrogen (secondary N) is 1. The molecule has 0 aliphatic rings. The van der Waals surface area contributed by atoms with Crippen LogP contribution in [-0.2, 0) is 11.3 Å². The summed E-state index contributed by atoms with van der Waals surface area (Å²) in [5.74, 6) is -0.107. The third kappa shape index (κ3) is 6.42. The van der Waals surface area contributed by atoms with Crippen LogP contribution in [0.2, 0.25) is 0 Å². The zero-order valence-corrected chi connectivity index (χ0v) is 11.8.